The zero-order valence-corrected chi connectivity index (χ0v) is 14.4. The van der Waals surface area contributed by atoms with E-state index in [0.29, 0.717) is 24.2 Å². The zero-order valence-electron chi connectivity index (χ0n) is 12.2. The van der Waals surface area contributed by atoms with Gasteiger partial charge in [0, 0.05) is 27.8 Å². The molecule has 0 unspecified atom stereocenters. The number of carbonyl (C=O) groups excluding carboxylic acids is 2. The Labute approximate surface area is 143 Å². The molecule has 0 heterocycles. The van der Waals surface area contributed by atoms with E-state index in [0.717, 1.165) is 9.13 Å². The van der Waals surface area contributed by atoms with Crippen LogP contribution in [0.5, 0.6) is 0 Å². The molecule has 5 heteroatoms. The first-order valence-electron chi connectivity index (χ1n) is 7.01. The summed E-state index contributed by atoms with van der Waals surface area (Å²) >= 11 is 2.20. The summed E-state index contributed by atoms with van der Waals surface area (Å²) in [7, 11) is 0. The van der Waals surface area contributed by atoms with Gasteiger partial charge in [0.05, 0.1) is 0 Å². The summed E-state index contributed by atoms with van der Waals surface area (Å²) in [4.78, 5) is 23.8. The van der Waals surface area contributed by atoms with Crippen LogP contribution in [0.25, 0.3) is 0 Å². The van der Waals surface area contributed by atoms with E-state index in [4.69, 9.17) is 0 Å². The average molecular weight is 408 g/mol. The molecule has 0 radical (unpaired) electrons. The van der Waals surface area contributed by atoms with Crippen molar-refractivity contribution in [1.82, 2.24) is 10.6 Å². The Balaban J connectivity index is 1.99. The molecule has 0 saturated heterocycles. The van der Waals surface area contributed by atoms with Crippen LogP contribution >= 0.6 is 22.6 Å². The van der Waals surface area contributed by atoms with Crippen LogP contribution in [-0.2, 0) is 6.54 Å². The first-order valence-corrected chi connectivity index (χ1v) is 8.09. The summed E-state index contributed by atoms with van der Waals surface area (Å²) in [6, 6.07) is 14.6. The summed E-state index contributed by atoms with van der Waals surface area (Å²) in [6.07, 6.45) is 0. The summed E-state index contributed by atoms with van der Waals surface area (Å²) in [5.41, 5.74) is 2.12. The summed E-state index contributed by atoms with van der Waals surface area (Å²) < 4.78 is 1.09. The second-order valence-corrected chi connectivity index (χ2v) is 6.00. The third kappa shape index (κ3) is 4.56. The van der Waals surface area contributed by atoms with E-state index in [2.05, 4.69) is 33.2 Å². The molecular weight excluding hydrogens is 391 g/mol. The largest absolute Gasteiger partial charge is 0.352 e. The normalized spacial score (nSPS) is 10.1. The van der Waals surface area contributed by atoms with Crippen LogP contribution in [0.1, 0.15) is 33.2 Å². The lowest BCUT2D eigenvalue weighted by Crippen LogP contribution is -2.24. The molecule has 4 nitrogen and oxygen atoms in total. The van der Waals surface area contributed by atoms with Crippen molar-refractivity contribution >= 4 is 34.4 Å². The number of carbonyl (C=O) groups is 2. The van der Waals surface area contributed by atoms with Gasteiger partial charge >= 0.3 is 0 Å². The van der Waals surface area contributed by atoms with Crippen molar-refractivity contribution in [2.45, 2.75) is 13.5 Å². The molecule has 0 aliphatic carbocycles. The molecule has 2 aromatic rings. The van der Waals surface area contributed by atoms with Gasteiger partial charge in [-0.2, -0.15) is 0 Å². The van der Waals surface area contributed by atoms with Crippen LogP contribution < -0.4 is 10.6 Å². The molecule has 0 fully saturated rings. The Morgan fingerprint density at radius 3 is 2.32 bits per heavy atom. The average Bonchev–Trinajstić information content (AvgIpc) is 2.54. The van der Waals surface area contributed by atoms with E-state index in [9.17, 15) is 9.59 Å². The molecule has 0 aromatic heterocycles. The number of hydrogen-bond donors (Lipinski definition) is 2. The predicted molar refractivity (Wildman–Crippen MR) is 94.8 cm³/mol. The lowest BCUT2D eigenvalue weighted by Gasteiger charge is -2.08. The van der Waals surface area contributed by atoms with Gasteiger partial charge in [-0.1, -0.05) is 12.1 Å². The van der Waals surface area contributed by atoms with Crippen LogP contribution in [0.3, 0.4) is 0 Å². The lowest BCUT2D eigenvalue weighted by molar-refractivity contribution is 0.0947. The van der Waals surface area contributed by atoms with Crippen molar-refractivity contribution in [3.63, 3.8) is 0 Å². The SMILES string of the molecule is CCNC(=O)c1cccc(CNC(=O)c2ccc(I)cc2)c1. The molecule has 0 aliphatic heterocycles. The van der Waals surface area contributed by atoms with Gasteiger partial charge in [-0.25, -0.2) is 0 Å². The third-order valence-corrected chi connectivity index (χ3v) is 3.81. The molecule has 2 rings (SSSR count). The minimum Gasteiger partial charge on any atom is -0.352 e. The zero-order chi connectivity index (χ0) is 15.9. The first kappa shape index (κ1) is 16.5. The fraction of sp³-hybridized carbons (Fsp3) is 0.176. The van der Waals surface area contributed by atoms with Gasteiger partial charge in [0.1, 0.15) is 0 Å². The van der Waals surface area contributed by atoms with Crippen molar-refractivity contribution in [2.24, 2.45) is 0 Å². The second-order valence-electron chi connectivity index (χ2n) is 4.75. The number of benzene rings is 2. The minimum absolute atomic E-state index is 0.103. The minimum atomic E-state index is -0.125. The fourth-order valence-corrected chi connectivity index (χ4v) is 2.33. The van der Waals surface area contributed by atoms with E-state index in [1.165, 1.54) is 0 Å². The van der Waals surface area contributed by atoms with E-state index >= 15 is 0 Å². The van der Waals surface area contributed by atoms with Gasteiger partial charge in [0.25, 0.3) is 11.8 Å². The summed E-state index contributed by atoms with van der Waals surface area (Å²) in [6.45, 7) is 2.85. The maximum absolute atomic E-state index is 12.1. The van der Waals surface area contributed by atoms with Crippen molar-refractivity contribution in [3.8, 4) is 0 Å². The first-order chi connectivity index (χ1) is 10.6. The third-order valence-electron chi connectivity index (χ3n) is 3.09. The predicted octanol–water partition coefficient (Wildman–Crippen LogP) is 2.97. The van der Waals surface area contributed by atoms with Gasteiger partial charge in [0.2, 0.25) is 0 Å². The molecule has 114 valence electrons. The fourth-order valence-electron chi connectivity index (χ4n) is 1.97. The highest BCUT2D eigenvalue weighted by Crippen LogP contribution is 2.08. The van der Waals surface area contributed by atoms with Crippen molar-refractivity contribution in [3.05, 3.63) is 68.8 Å². The number of rotatable bonds is 5. The number of amides is 2. The highest BCUT2D eigenvalue weighted by Gasteiger charge is 2.07. The number of hydrogen-bond acceptors (Lipinski definition) is 2. The Hall–Kier alpha value is -1.89. The summed E-state index contributed by atoms with van der Waals surface area (Å²) in [5.74, 6) is -0.229. The van der Waals surface area contributed by atoms with Crippen LogP contribution in [-0.4, -0.2) is 18.4 Å². The quantitative estimate of drug-likeness (QED) is 0.748. The highest BCUT2D eigenvalue weighted by atomic mass is 127. The van der Waals surface area contributed by atoms with Crippen molar-refractivity contribution in [2.75, 3.05) is 6.54 Å². The standard InChI is InChI=1S/C17H17IN2O2/c1-2-19-17(22)14-5-3-4-12(10-14)11-20-16(21)13-6-8-15(18)9-7-13/h3-10H,2,11H2,1H3,(H,19,22)(H,20,21). The molecule has 2 amide bonds. The Bertz CT molecular complexity index is 669. The van der Waals surface area contributed by atoms with E-state index < -0.39 is 0 Å². The molecule has 2 aromatic carbocycles. The van der Waals surface area contributed by atoms with Crippen LogP contribution in [0, 0.1) is 3.57 Å². The maximum Gasteiger partial charge on any atom is 0.251 e. The monoisotopic (exact) mass is 408 g/mol. The van der Waals surface area contributed by atoms with E-state index in [1.807, 2.05) is 31.2 Å². The number of nitrogens with one attached hydrogen (secondary N) is 2. The molecular formula is C17H17IN2O2. The lowest BCUT2D eigenvalue weighted by atomic mass is 10.1. The molecule has 0 saturated carbocycles. The van der Waals surface area contributed by atoms with E-state index in [-0.39, 0.29) is 11.8 Å². The highest BCUT2D eigenvalue weighted by molar-refractivity contribution is 14.1. The van der Waals surface area contributed by atoms with Crippen LogP contribution in [0.2, 0.25) is 0 Å². The smallest absolute Gasteiger partial charge is 0.251 e. The molecule has 0 atom stereocenters. The van der Waals surface area contributed by atoms with Crippen molar-refractivity contribution in [1.29, 1.82) is 0 Å². The van der Waals surface area contributed by atoms with Crippen LogP contribution in [0.4, 0.5) is 0 Å². The molecule has 2 N–H and O–H groups in total. The summed E-state index contributed by atoms with van der Waals surface area (Å²) in [5, 5.41) is 5.62. The van der Waals surface area contributed by atoms with Gasteiger partial charge in [-0.05, 0) is 71.5 Å². The van der Waals surface area contributed by atoms with Gasteiger partial charge in [-0.15, -0.1) is 0 Å². The number of halogens is 1. The maximum atomic E-state index is 12.1. The van der Waals surface area contributed by atoms with Crippen molar-refractivity contribution < 1.29 is 9.59 Å². The van der Waals surface area contributed by atoms with Gasteiger partial charge in [0.15, 0.2) is 0 Å². The molecule has 0 aliphatic rings. The Morgan fingerprint density at radius 2 is 1.64 bits per heavy atom. The topological polar surface area (TPSA) is 58.2 Å². The molecule has 0 spiro atoms. The molecule has 22 heavy (non-hydrogen) atoms. The van der Waals surface area contributed by atoms with Crippen LogP contribution in [0.15, 0.2) is 48.5 Å². The molecule has 0 bridgehead atoms. The Morgan fingerprint density at radius 1 is 0.955 bits per heavy atom. The van der Waals surface area contributed by atoms with E-state index in [1.54, 1.807) is 24.3 Å². The second kappa shape index (κ2) is 7.93. The van der Waals surface area contributed by atoms with Gasteiger partial charge < -0.3 is 10.6 Å². The van der Waals surface area contributed by atoms with Gasteiger partial charge in [-0.3, -0.25) is 9.59 Å². The Kier molecular flexibility index (Phi) is 5.94.